The zero-order valence-corrected chi connectivity index (χ0v) is 11.4. The molecule has 0 saturated carbocycles. The van der Waals surface area contributed by atoms with Gasteiger partial charge in [0.15, 0.2) is 0 Å². The summed E-state index contributed by atoms with van der Waals surface area (Å²) in [5.74, 6) is 0.543. The van der Waals surface area contributed by atoms with Gasteiger partial charge in [-0.25, -0.2) is 4.79 Å². The Balaban J connectivity index is 2.07. The van der Waals surface area contributed by atoms with E-state index in [0.29, 0.717) is 17.9 Å². The van der Waals surface area contributed by atoms with E-state index in [0.717, 1.165) is 11.1 Å². The van der Waals surface area contributed by atoms with Crippen LogP contribution in [0.5, 0.6) is 11.5 Å². The van der Waals surface area contributed by atoms with Crippen LogP contribution >= 0.6 is 0 Å². The third-order valence-corrected chi connectivity index (χ3v) is 2.92. The van der Waals surface area contributed by atoms with E-state index in [1.165, 1.54) is 7.11 Å². The van der Waals surface area contributed by atoms with Crippen LogP contribution in [0.4, 0.5) is 0 Å². The quantitative estimate of drug-likeness (QED) is 0.869. The van der Waals surface area contributed by atoms with Gasteiger partial charge in [-0.2, -0.15) is 0 Å². The lowest BCUT2D eigenvalue weighted by Gasteiger charge is -2.08. The number of benzene rings is 2. The first-order chi connectivity index (χ1) is 9.60. The Bertz CT molecular complexity index is 620. The Morgan fingerprint density at radius 1 is 1.20 bits per heavy atom. The number of aromatic hydroxyl groups is 1. The maximum Gasteiger partial charge on any atom is 0.337 e. The largest absolute Gasteiger partial charge is 0.508 e. The molecule has 2 aromatic carbocycles. The van der Waals surface area contributed by atoms with Crippen molar-refractivity contribution in [2.24, 2.45) is 0 Å². The van der Waals surface area contributed by atoms with Crippen LogP contribution in [0.15, 0.2) is 42.5 Å². The Morgan fingerprint density at radius 3 is 2.70 bits per heavy atom. The molecule has 0 saturated heterocycles. The number of ether oxygens (including phenoxy) is 2. The number of methoxy groups -OCH3 is 1. The zero-order valence-electron chi connectivity index (χ0n) is 11.4. The summed E-state index contributed by atoms with van der Waals surface area (Å²) in [6, 6.07) is 12.1. The summed E-state index contributed by atoms with van der Waals surface area (Å²) in [5, 5.41) is 9.45. The van der Waals surface area contributed by atoms with Crippen molar-refractivity contribution >= 4 is 5.97 Å². The van der Waals surface area contributed by atoms with Crippen LogP contribution in [0.25, 0.3) is 0 Å². The number of rotatable bonds is 4. The maximum absolute atomic E-state index is 11.4. The molecular formula is C16H16O4. The smallest absolute Gasteiger partial charge is 0.337 e. The number of hydrogen-bond donors (Lipinski definition) is 1. The molecule has 0 fully saturated rings. The molecule has 104 valence electrons. The Labute approximate surface area is 117 Å². The van der Waals surface area contributed by atoms with E-state index in [4.69, 9.17) is 4.74 Å². The number of aryl methyl sites for hydroxylation is 1. The third-order valence-electron chi connectivity index (χ3n) is 2.92. The van der Waals surface area contributed by atoms with Gasteiger partial charge in [0.2, 0.25) is 0 Å². The van der Waals surface area contributed by atoms with Crippen molar-refractivity contribution in [1.29, 1.82) is 0 Å². The van der Waals surface area contributed by atoms with Crippen molar-refractivity contribution in [3.8, 4) is 11.5 Å². The van der Waals surface area contributed by atoms with E-state index in [1.54, 1.807) is 43.3 Å². The molecule has 0 aliphatic carbocycles. The highest BCUT2D eigenvalue weighted by atomic mass is 16.5. The summed E-state index contributed by atoms with van der Waals surface area (Å²) < 4.78 is 10.3. The lowest BCUT2D eigenvalue weighted by Crippen LogP contribution is -2.03. The molecule has 0 radical (unpaired) electrons. The fourth-order valence-electron chi connectivity index (χ4n) is 1.79. The minimum absolute atomic E-state index is 0.241. The second-order valence-electron chi connectivity index (χ2n) is 4.43. The summed E-state index contributed by atoms with van der Waals surface area (Å²) in [5.41, 5.74) is 2.12. The van der Waals surface area contributed by atoms with Crippen LogP contribution in [0, 0.1) is 6.92 Å². The van der Waals surface area contributed by atoms with Crippen LogP contribution in [-0.4, -0.2) is 18.2 Å². The summed E-state index contributed by atoms with van der Waals surface area (Å²) >= 11 is 0. The van der Waals surface area contributed by atoms with Crippen molar-refractivity contribution in [3.63, 3.8) is 0 Å². The van der Waals surface area contributed by atoms with E-state index in [1.807, 2.05) is 6.07 Å². The average Bonchev–Trinajstić information content (AvgIpc) is 2.48. The molecule has 4 nitrogen and oxygen atoms in total. The van der Waals surface area contributed by atoms with Gasteiger partial charge in [0.05, 0.1) is 12.7 Å². The molecule has 0 spiro atoms. The first-order valence-electron chi connectivity index (χ1n) is 6.20. The fourth-order valence-corrected chi connectivity index (χ4v) is 1.79. The number of hydrogen-bond acceptors (Lipinski definition) is 4. The highest BCUT2D eigenvalue weighted by Gasteiger charge is 2.06. The molecule has 2 rings (SSSR count). The molecule has 0 bridgehead atoms. The second kappa shape index (κ2) is 6.10. The molecule has 4 heteroatoms. The Hall–Kier alpha value is -2.49. The first-order valence-corrected chi connectivity index (χ1v) is 6.20. The number of phenolic OH excluding ortho intramolecular Hbond substituents is 1. The van der Waals surface area contributed by atoms with Crippen LogP contribution in [-0.2, 0) is 11.3 Å². The molecule has 0 aliphatic heterocycles. The van der Waals surface area contributed by atoms with Crippen molar-refractivity contribution in [2.45, 2.75) is 13.5 Å². The van der Waals surface area contributed by atoms with Gasteiger partial charge in [0, 0.05) is 0 Å². The van der Waals surface area contributed by atoms with Crippen molar-refractivity contribution in [1.82, 2.24) is 0 Å². The van der Waals surface area contributed by atoms with E-state index < -0.39 is 0 Å². The maximum atomic E-state index is 11.4. The second-order valence-corrected chi connectivity index (χ2v) is 4.43. The molecule has 0 heterocycles. The van der Waals surface area contributed by atoms with Gasteiger partial charge in [-0.15, -0.1) is 0 Å². The van der Waals surface area contributed by atoms with Gasteiger partial charge in [0.25, 0.3) is 0 Å². The molecule has 0 amide bonds. The van der Waals surface area contributed by atoms with Gasteiger partial charge < -0.3 is 14.6 Å². The molecule has 20 heavy (non-hydrogen) atoms. The van der Waals surface area contributed by atoms with E-state index in [-0.39, 0.29) is 11.7 Å². The summed E-state index contributed by atoms with van der Waals surface area (Å²) in [6.07, 6.45) is 0. The SMILES string of the molecule is COC(=O)c1cccc(COc2ccc(O)c(C)c2)c1. The van der Waals surface area contributed by atoms with Crippen LogP contribution < -0.4 is 4.74 Å². The standard InChI is InChI=1S/C16H16O4/c1-11-8-14(6-7-15(11)17)20-10-12-4-3-5-13(9-12)16(18)19-2/h3-9,17H,10H2,1-2H3. The van der Waals surface area contributed by atoms with E-state index in [9.17, 15) is 9.90 Å². The van der Waals surface area contributed by atoms with Crippen LogP contribution in [0.1, 0.15) is 21.5 Å². The fraction of sp³-hybridized carbons (Fsp3) is 0.188. The van der Waals surface area contributed by atoms with Crippen molar-refractivity contribution < 1.29 is 19.4 Å². The monoisotopic (exact) mass is 272 g/mol. The minimum atomic E-state index is -0.368. The van der Waals surface area contributed by atoms with Crippen LogP contribution in [0.2, 0.25) is 0 Å². The Kier molecular flexibility index (Phi) is 4.25. The summed E-state index contributed by atoms with van der Waals surface area (Å²) in [6.45, 7) is 2.15. The normalized spacial score (nSPS) is 10.1. The third kappa shape index (κ3) is 3.29. The molecule has 2 aromatic rings. The van der Waals surface area contributed by atoms with E-state index >= 15 is 0 Å². The molecule has 0 unspecified atom stereocenters. The number of carbonyl (C=O) groups is 1. The Morgan fingerprint density at radius 2 is 2.00 bits per heavy atom. The highest BCUT2D eigenvalue weighted by Crippen LogP contribution is 2.22. The van der Waals surface area contributed by atoms with Gasteiger partial charge in [-0.05, 0) is 48.4 Å². The highest BCUT2D eigenvalue weighted by molar-refractivity contribution is 5.89. The van der Waals surface area contributed by atoms with Gasteiger partial charge in [-0.3, -0.25) is 0 Å². The molecule has 0 aliphatic rings. The van der Waals surface area contributed by atoms with Gasteiger partial charge in [0.1, 0.15) is 18.1 Å². The average molecular weight is 272 g/mol. The van der Waals surface area contributed by atoms with Gasteiger partial charge in [-0.1, -0.05) is 12.1 Å². The first kappa shape index (κ1) is 13.9. The predicted octanol–water partition coefficient (Wildman–Crippen LogP) is 3.07. The van der Waals surface area contributed by atoms with E-state index in [2.05, 4.69) is 4.74 Å². The minimum Gasteiger partial charge on any atom is -0.508 e. The number of esters is 1. The van der Waals surface area contributed by atoms with Crippen molar-refractivity contribution in [3.05, 3.63) is 59.2 Å². The lowest BCUT2D eigenvalue weighted by molar-refractivity contribution is 0.0600. The number of carbonyl (C=O) groups excluding carboxylic acids is 1. The lowest BCUT2D eigenvalue weighted by atomic mass is 10.1. The number of phenols is 1. The molecule has 0 atom stereocenters. The molecule has 1 N–H and O–H groups in total. The van der Waals surface area contributed by atoms with Gasteiger partial charge >= 0.3 is 5.97 Å². The predicted molar refractivity (Wildman–Crippen MR) is 75.0 cm³/mol. The summed E-state index contributed by atoms with van der Waals surface area (Å²) in [4.78, 5) is 11.4. The molecular weight excluding hydrogens is 256 g/mol. The van der Waals surface area contributed by atoms with Crippen molar-refractivity contribution in [2.75, 3.05) is 7.11 Å². The zero-order chi connectivity index (χ0) is 14.5. The topological polar surface area (TPSA) is 55.8 Å². The molecule has 0 aromatic heterocycles. The summed E-state index contributed by atoms with van der Waals surface area (Å²) in [7, 11) is 1.35. The van der Waals surface area contributed by atoms with Crippen LogP contribution in [0.3, 0.4) is 0 Å².